The van der Waals surface area contributed by atoms with Crippen molar-refractivity contribution in [3.8, 4) is 0 Å². The van der Waals surface area contributed by atoms with Gasteiger partial charge in [-0.1, -0.05) is 6.07 Å². The van der Waals surface area contributed by atoms with E-state index < -0.39 is 5.97 Å². The largest absolute Gasteiger partial charge is 0.478 e. The number of nitrogens with one attached hydrogen (secondary N) is 1. The van der Waals surface area contributed by atoms with Crippen molar-refractivity contribution in [3.05, 3.63) is 35.6 Å². The molecule has 0 saturated carbocycles. The van der Waals surface area contributed by atoms with E-state index in [2.05, 4.69) is 5.32 Å². The molecular weight excluding hydrogens is 210 g/mol. The zero-order chi connectivity index (χ0) is 11.7. The highest BCUT2D eigenvalue weighted by molar-refractivity contribution is 5.98. The van der Waals surface area contributed by atoms with Gasteiger partial charge in [0, 0.05) is 12.4 Å². The Bertz CT molecular complexity index is 570. The van der Waals surface area contributed by atoms with Gasteiger partial charge in [-0.2, -0.15) is 0 Å². The summed E-state index contributed by atoms with van der Waals surface area (Å²) in [5, 5.41) is 11.9. The van der Waals surface area contributed by atoms with E-state index in [1.54, 1.807) is 12.1 Å². The number of furan rings is 1. The lowest BCUT2D eigenvalue weighted by atomic mass is 10.2. The number of carbonyl (C=O) groups is 2. The third-order valence-corrected chi connectivity index (χ3v) is 2.22. The van der Waals surface area contributed by atoms with Crippen LogP contribution < -0.4 is 5.32 Å². The third-order valence-electron chi connectivity index (χ3n) is 2.22. The van der Waals surface area contributed by atoms with Crippen LogP contribution in [0.25, 0.3) is 11.0 Å². The Hall–Kier alpha value is -2.30. The first-order valence-electron chi connectivity index (χ1n) is 4.61. The normalized spacial score (nSPS) is 10.3. The molecule has 0 saturated heterocycles. The molecule has 5 heteroatoms. The molecule has 0 bridgehead atoms. The van der Waals surface area contributed by atoms with Crippen LogP contribution >= 0.6 is 0 Å². The molecule has 0 aliphatic carbocycles. The lowest BCUT2D eigenvalue weighted by molar-refractivity contribution is 0.0696. The van der Waals surface area contributed by atoms with E-state index in [9.17, 15) is 9.59 Å². The number of benzene rings is 1. The fraction of sp³-hybridized carbons (Fsp3) is 0.0909. The molecule has 0 radical (unpaired) electrons. The monoisotopic (exact) mass is 219 g/mol. The number of aromatic carboxylic acids is 1. The minimum atomic E-state index is -1.03. The number of rotatable bonds is 2. The standard InChI is InChI=1S/C11H9NO4/c1-12-10(13)9-4-6-2-3-7(11(14)15)5-8(6)16-9/h2-5H,1H3,(H,12,13)(H,14,15). The number of hydrogen-bond donors (Lipinski definition) is 2. The van der Waals surface area contributed by atoms with Crippen LogP contribution in [0, 0.1) is 0 Å². The summed E-state index contributed by atoms with van der Waals surface area (Å²) < 4.78 is 5.24. The van der Waals surface area contributed by atoms with Crippen molar-refractivity contribution < 1.29 is 19.1 Å². The van der Waals surface area contributed by atoms with Gasteiger partial charge in [0.1, 0.15) is 5.58 Å². The van der Waals surface area contributed by atoms with Gasteiger partial charge in [0.2, 0.25) is 0 Å². The van der Waals surface area contributed by atoms with E-state index in [0.717, 1.165) is 0 Å². The fourth-order valence-electron chi connectivity index (χ4n) is 1.40. The van der Waals surface area contributed by atoms with Crippen molar-refractivity contribution in [1.82, 2.24) is 5.32 Å². The summed E-state index contributed by atoms with van der Waals surface area (Å²) in [6, 6.07) is 6.03. The van der Waals surface area contributed by atoms with Gasteiger partial charge in [0.25, 0.3) is 5.91 Å². The Morgan fingerprint density at radius 2 is 2.06 bits per heavy atom. The maximum Gasteiger partial charge on any atom is 0.335 e. The Morgan fingerprint density at radius 3 is 2.69 bits per heavy atom. The molecule has 2 N–H and O–H groups in total. The molecule has 5 nitrogen and oxygen atoms in total. The molecule has 0 spiro atoms. The van der Waals surface area contributed by atoms with Crippen molar-refractivity contribution in [2.75, 3.05) is 7.05 Å². The SMILES string of the molecule is CNC(=O)c1cc2ccc(C(=O)O)cc2o1. The van der Waals surface area contributed by atoms with Gasteiger partial charge in [-0.3, -0.25) is 4.79 Å². The van der Waals surface area contributed by atoms with Crippen LogP contribution in [0.2, 0.25) is 0 Å². The van der Waals surface area contributed by atoms with Crippen LogP contribution in [0.4, 0.5) is 0 Å². The summed E-state index contributed by atoms with van der Waals surface area (Å²) in [6.45, 7) is 0. The van der Waals surface area contributed by atoms with E-state index in [0.29, 0.717) is 11.0 Å². The smallest absolute Gasteiger partial charge is 0.335 e. The summed E-state index contributed by atoms with van der Waals surface area (Å²) in [5.74, 6) is -1.20. The molecule has 82 valence electrons. The van der Waals surface area contributed by atoms with Crippen molar-refractivity contribution in [2.24, 2.45) is 0 Å². The molecule has 2 rings (SSSR count). The third kappa shape index (κ3) is 1.63. The van der Waals surface area contributed by atoms with E-state index in [-0.39, 0.29) is 17.2 Å². The van der Waals surface area contributed by atoms with Crippen LogP contribution in [-0.4, -0.2) is 24.0 Å². The summed E-state index contributed by atoms with van der Waals surface area (Å²) in [4.78, 5) is 22.0. The van der Waals surface area contributed by atoms with E-state index in [1.807, 2.05) is 0 Å². The van der Waals surface area contributed by atoms with E-state index in [1.165, 1.54) is 19.2 Å². The van der Waals surface area contributed by atoms with Crippen molar-refractivity contribution in [2.45, 2.75) is 0 Å². The summed E-state index contributed by atoms with van der Waals surface area (Å²) in [5.41, 5.74) is 0.517. The average Bonchev–Trinajstić information content (AvgIpc) is 2.70. The molecule has 0 aliphatic rings. The first kappa shape index (κ1) is 10.2. The van der Waals surface area contributed by atoms with Crippen LogP contribution in [-0.2, 0) is 0 Å². The summed E-state index contributed by atoms with van der Waals surface area (Å²) in [7, 11) is 1.50. The molecule has 1 aromatic carbocycles. The molecule has 1 amide bonds. The van der Waals surface area contributed by atoms with Gasteiger partial charge >= 0.3 is 5.97 Å². The van der Waals surface area contributed by atoms with E-state index in [4.69, 9.17) is 9.52 Å². The van der Waals surface area contributed by atoms with Crippen molar-refractivity contribution in [1.29, 1.82) is 0 Å². The van der Waals surface area contributed by atoms with Gasteiger partial charge in [-0.25, -0.2) is 4.79 Å². The fourth-order valence-corrected chi connectivity index (χ4v) is 1.40. The van der Waals surface area contributed by atoms with Gasteiger partial charge in [0.15, 0.2) is 5.76 Å². The zero-order valence-corrected chi connectivity index (χ0v) is 8.48. The number of hydrogen-bond acceptors (Lipinski definition) is 3. The molecule has 0 fully saturated rings. The summed E-state index contributed by atoms with van der Waals surface area (Å²) >= 11 is 0. The van der Waals surface area contributed by atoms with Gasteiger partial charge in [0.05, 0.1) is 5.56 Å². The van der Waals surface area contributed by atoms with Crippen LogP contribution in [0.5, 0.6) is 0 Å². The van der Waals surface area contributed by atoms with E-state index >= 15 is 0 Å². The molecule has 1 heterocycles. The maximum absolute atomic E-state index is 11.3. The van der Waals surface area contributed by atoms with Gasteiger partial charge in [-0.05, 0) is 18.2 Å². The second kappa shape index (κ2) is 3.69. The Kier molecular flexibility index (Phi) is 2.36. The first-order chi connectivity index (χ1) is 7.61. The lowest BCUT2D eigenvalue weighted by Gasteiger charge is -1.93. The summed E-state index contributed by atoms with van der Waals surface area (Å²) in [6.07, 6.45) is 0. The highest BCUT2D eigenvalue weighted by Gasteiger charge is 2.12. The molecular formula is C11H9NO4. The molecule has 1 aromatic heterocycles. The Balaban J connectivity index is 2.54. The minimum Gasteiger partial charge on any atom is -0.478 e. The molecule has 0 atom stereocenters. The predicted molar refractivity (Wildman–Crippen MR) is 56.6 cm³/mol. The topological polar surface area (TPSA) is 79.5 Å². The Labute approximate surface area is 90.7 Å². The van der Waals surface area contributed by atoms with Crippen LogP contribution in [0.3, 0.4) is 0 Å². The van der Waals surface area contributed by atoms with Gasteiger partial charge in [-0.15, -0.1) is 0 Å². The predicted octanol–water partition coefficient (Wildman–Crippen LogP) is 1.49. The molecule has 0 aliphatic heterocycles. The van der Waals surface area contributed by atoms with Crippen LogP contribution in [0.1, 0.15) is 20.9 Å². The number of fused-ring (bicyclic) bond motifs is 1. The quantitative estimate of drug-likeness (QED) is 0.801. The highest BCUT2D eigenvalue weighted by atomic mass is 16.4. The molecule has 16 heavy (non-hydrogen) atoms. The van der Waals surface area contributed by atoms with Gasteiger partial charge < -0.3 is 14.8 Å². The highest BCUT2D eigenvalue weighted by Crippen LogP contribution is 2.20. The van der Waals surface area contributed by atoms with Crippen molar-refractivity contribution in [3.63, 3.8) is 0 Å². The second-order valence-corrected chi connectivity index (χ2v) is 3.25. The Morgan fingerprint density at radius 1 is 1.31 bits per heavy atom. The lowest BCUT2D eigenvalue weighted by Crippen LogP contribution is -2.16. The number of carbonyl (C=O) groups excluding carboxylic acids is 1. The van der Waals surface area contributed by atoms with Crippen molar-refractivity contribution >= 4 is 22.8 Å². The minimum absolute atomic E-state index is 0.130. The van der Waals surface area contributed by atoms with Crippen LogP contribution in [0.15, 0.2) is 28.7 Å². The molecule has 0 unspecified atom stereocenters. The second-order valence-electron chi connectivity index (χ2n) is 3.25. The number of amides is 1. The number of carboxylic acid groups (broad SMARTS) is 1. The maximum atomic E-state index is 11.3. The first-order valence-corrected chi connectivity index (χ1v) is 4.61. The number of carboxylic acids is 1. The zero-order valence-electron chi connectivity index (χ0n) is 8.48. The molecule has 2 aromatic rings. The average molecular weight is 219 g/mol.